The van der Waals surface area contributed by atoms with Gasteiger partial charge in [0.15, 0.2) is 5.12 Å². The number of hydrogen-bond donors (Lipinski definition) is 4. The Labute approximate surface area is 196 Å². The van der Waals surface area contributed by atoms with Crippen LogP contribution in [-0.4, -0.2) is 51.3 Å². The summed E-state index contributed by atoms with van der Waals surface area (Å²) in [7, 11) is 0. The van der Waals surface area contributed by atoms with E-state index < -0.39 is 17.6 Å². The van der Waals surface area contributed by atoms with Crippen LogP contribution in [0.4, 0.5) is 0 Å². The van der Waals surface area contributed by atoms with Gasteiger partial charge in [0.1, 0.15) is 11.9 Å². The van der Waals surface area contributed by atoms with Gasteiger partial charge in [-0.15, -0.1) is 6.58 Å². The van der Waals surface area contributed by atoms with E-state index in [0.29, 0.717) is 12.1 Å². The van der Waals surface area contributed by atoms with Crippen molar-refractivity contribution in [2.24, 2.45) is 33.7 Å². The standard InChI is InChI=1S/C24H39N3O4S/c1-6-8-9-10-27-23(26)21(25)14(3)24(5)16(7-2)11-17(24)22-20(32-15(4)29)12-18(30)19(13-28)31-22/h7,9-10,16-20,22,28,30H,2,6,8,11-13,25H2,1,3-5H3,(H2,26,27)/b10-9+,21-14-/t16?,17?,18-,19?,20?,22?,24?/m1/s1. The van der Waals surface area contributed by atoms with E-state index in [2.05, 4.69) is 25.4 Å². The van der Waals surface area contributed by atoms with Crippen molar-refractivity contribution < 1.29 is 19.7 Å². The second kappa shape index (κ2) is 11.5. The second-order valence-corrected chi connectivity index (χ2v) is 10.4. The lowest BCUT2D eigenvalue weighted by Crippen LogP contribution is -2.60. The highest BCUT2D eigenvalue weighted by Gasteiger charge is 2.58. The molecular formula is C24H39N3O4S. The molecule has 32 heavy (non-hydrogen) atoms. The maximum Gasteiger partial charge on any atom is 0.186 e. The molecule has 1 saturated heterocycles. The summed E-state index contributed by atoms with van der Waals surface area (Å²) in [5.41, 5.74) is 13.6. The number of allylic oxidation sites excluding steroid dienone is 3. The van der Waals surface area contributed by atoms with Crippen molar-refractivity contribution in [1.82, 2.24) is 0 Å². The van der Waals surface area contributed by atoms with Gasteiger partial charge in [-0.1, -0.05) is 44.2 Å². The van der Waals surface area contributed by atoms with E-state index in [1.807, 2.05) is 19.1 Å². The third-order valence-electron chi connectivity index (χ3n) is 7.09. The van der Waals surface area contributed by atoms with Crippen LogP contribution >= 0.6 is 11.8 Å². The molecule has 0 bridgehead atoms. The second-order valence-electron chi connectivity index (χ2n) is 8.97. The zero-order chi connectivity index (χ0) is 24.1. The number of aliphatic hydroxyl groups excluding tert-OH is 2. The molecule has 0 amide bonds. The first-order valence-electron chi connectivity index (χ1n) is 11.3. The number of hydrogen-bond acceptors (Lipinski definition) is 7. The Balaban J connectivity index is 2.40. The molecule has 0 spiro atoms. The molecule has 180 valence electrons. The van der Waals surface area contributed by atoms with Gasteiger partial charge in [0.2, 0.25) is 0 Å². The quantitative estimate of drug-likeness (QED) is 0.234. The van der Waals surface area contributed by atoms with Crippen molar-refractivity contribution in [3.8, 4) is 0 Å². The van der Waals surface area contributed by atoms with E-state index in [0.717, 1.165) is 24.8 Å². The highest BCUT2D eigenvalue weighted by molar-refractivity contribution is 8.14. The van der Waals surface area contributed by atoms with E-state index in [1.165, 1.54) is 18.7 Å². The topological polar surface area (TPSA) is 131 Å². The first-order chi connectivity index (χ1) is 15.1. The number of aliphatic hydroxyl groups is 2. The van der Waals surface area contributed by atoms with Crippen LogP contribution < -0.4 is 11.5 Å². The van der Waals surface area contributed by atoms with Gasteiger partial charge >= 0.3 is 0 Å². The number of carbonyl (C=O) groups excluding carboxylic acids is 1. The van der Waals surface area contributed by atoms with Crippen molar-refractivity contribution in [2.75, 3.05) is 6.61 Å². The molecule has 1 aliphatic carbocycles. The molecule has 2 rings (SSSR count). The lowest BCUT2D eigenvalue weighted by Gasteiger charge is -2.59. The average molecular weight is 466 g/mol. The predicted octanol–water partition coefficient (Wildman–Crippen LogP) is 2.88. The SMILES string of the molecule is C=CC1CC(C2OC(CO)[C@H](O)CC2SC(C)=O)C1(C)/C(C)=C(N)/C(N)=N/C=C/CCC. The summed E-state index contributed by atoms with van der Waals surface area (Å²) in [4.78, 5) is 16.2. The Hall–Kier alpha value is -1.61. The highest BCUT2D eigenvalue weighted by atomic mass is 32.2. The third kappa shape index (κ3) is 5.47. The van der Waals surface area contributed by atoms with E-state index >= 15 is 0 Å². The van der Waals surface area contributed by atoms with Gasteiger partial charge in [-0.2, -0.15) is 0 Å². The summed E-state index contributed by atoms with van der Waals surface area (Å²) < 4.78 is 6.19. The number of nitrogens with two attached hydrogens (primary N) is 2. The molecule has 0 aromatic rings. The van der Waals surface area contributed by atoms with Crippen LogP contribution in [0.25, 0.3) is 0 Å². The molecule has 7 nitrogen and oxygen atoms in total. The number of rotatable bonds is 9. The smallest absolute Gasteiger partial charge is 0.186 e. The van der Waals surface area contributed by atoms with Gasteiger partial charge in [0.05, 0.1) is 24.5 Å². The molecule has 0 radical (unpaired) electrons. The highest BCUT2D eigenvalue weighted by Crippen LogP contribution is 2.60. The van der Waals surface area contributed by atoms with E-state index in [4.69, 9.17) is 16.2 Å². The number of nitrogens with zero attached hydrogens (tertiary/aromatic N) is 1. The number of aliphatic imine (C=N–C) groups is 1. The number of ether oxygens (including phenoxy) is 1. The van der Waals surface area contributed by atoms with Crippen molar-refractivity contribution in [1.29, 1.82) is 0 Å². The van der Waals surface area contributed by atoms with Crippen LogP contribution in [0.2, 0.25) is 0 Å². The molecule has 6 N–H and O–H groups in total. The van der Waals surface area contributed by atoms with Gasteiger partial charge in [-0.05, 0) is 43.6 Å². The molecule has 0 aromatic carbocycles. The Kier molecular flexibility index (Phi) is 9.57. The third-order valence-corrected chi connectivity index (χ3v) is 8.19. The Morgan fingerprint density at radius 2 is 2.03 bits per heavy atom. The fourth-order valence-corrected chi connectivity index (χ4v) is 6.04. The van der Waals surface area contributed by atoms with Crippen molar-refractivity contribution >= 4 is 22.7 Å². The molecule has 0 aromatic heterocycles. The van der Waals surface area contributed by atoms with Crippen molar-refractivity contribution in [3.05, 3.63) is 36.2 Å². The maximum absolute atomic E-state index is 11.9. The molecule has 1 heterocycles. The summed E-state index contributed by atoms with van der Waals surface area (Å²) in [6.07, 6.45) is 6.90. The van der Waals surface area contributed by atoms with E-state index in [1.54, 1.807) is 6.20 Å². The van der Waals surface area contributed by atoms with Gasteiger partial charge in [0, 0.05) is 23.8 Å². The minimum atomic E-state index is -0.811. The Bertz CT molecular complexity index is 781. The summed E-state index contributed by atoms with van der Waals surface area (Å²) in [5, 5.41) is 19.8. The summed E-state index contributed by atoms with van der Waals surface area (Å²) >= 11 is 1.19. The van der Waals surface area contributed by atoms with Crippen LogP contribution in [0.5, 0.6) is 0 Å². The van der Waals surface area contributed by atoms with Crippen LogP contribution in [-0.2, 0) is 9.53 Å². The van der Waals surface area contributed by atoms with Gasteiger partial charge in [-0.25, -0.2) is 4.99 Å². The Morgan fingerprint density at radius 3 is 2.59 bits per heavy atom. The van der Waals surface area contributed by atoms with Crippen LogP contribution in [0, 0.1) is 17.3 Å². The van der Waals surface area contributed by atoms with Crippen molar-refractivity contribution in [3.63, 3.8) is 0 Å². The van der Waals surface area contributed by atoms with Crippen molar-refractivity contribution in [2.45, 2.75) is 76.9 Å². The number of thioether (sulfide) groups is 1. The maximum atomic E-state index is 11.9. The van der Waals surface area contributed by atoms with E-state index in [9.17, 15) is 15.0 Å². The zero-order valence-electron chi connectivity index (χ0n) is 19.7. The van der Waals surface area contributed by atoms with Gasteiger partial charge < -0.3 is 26.4 Å². The zero-order valence-corrected chi connectivity index (χ0v) is 20.5. The summed E-state index contributed by atoms with van der Waals surface area (Å²) in [5.74, 6) is 0.443. The molecule has 1 aliphatic heterocycles. The van der Waals surface area contributed by atoms with Crippen LogP contribution in [0.15, 0.2) is 41.2 Å². The summed E-state index contributed by atoms with van der Waals surface area (Å²) in [6.45, 7) is 11.4. The molecule has 2 aliphatic rings. The molecule has 8 heteroatoms. The minimum Gasteiger partial charge on any atom is -0.396 e. The van der Waals surface area contributed by atoms with Crippen LogP contribution in [0.3, 0.4) is 0 Å². The number of amidine groups is 1. The van der Waals surface area contributed by atoms with E-state index in [-0.39, 0.29) is 40.7 Å². The molecule has 2 fully saturated rings. The first-order valence-corrected chi connectivity index (χ1v) is 12.2. The molecule has 1 saturated carbocycles. The first kappa shape index (κ1) is 26.6. The Morgan fingerprint density at radius 1 is 1.34 bits per heavy atom. The molecule has 7 atom stereocenters. The van der Waals surface area contributed by atoms with Crippen LogP contribution in [0.1, 0.15) is 53.4 Å². The fraction of sp³-hybridized carbons (Fsp3) is 0.667. The molecule has 6 unspecified atom stereocenters. The molecular weight excluding hydrogens is 426 g/mol. The fourth-order valence-electron chi connectivity index (χ4n) is 4.93. The predicted molar refractivity (Wildman–Crippen MR) is 131 cm³/mol. The lowest BCUT2D eigenvalue weighted by atomic mass is 9.48. The number of unbranched alkanes of at least 4 members (excludes halogenated alkanes) is 1. The largest absolute Gasteiger partial charge is 0.396 e. The van der Waals surface area contributed by atoms with Gasteiger partial charge in [0.25, 0.3) is 0 Å². The normalized spacial score (nSPS) is 36.5. The average Bonchev–Trinajstić information content (AvgIpc) is 2.75. The summed E-state index contributed by atoms with van der Waals surface area (Å²) in [6, 6.07) is 0. The monoisotopic (exact) mass is 465 g/mol. The minimum absolute atomic E-state index is 0.0193. The lowest BCUT2D eigenvalue weighted by molar-refractivity contribution is -0.182. The number of carbonyl (C=O) groups is 1. The van der Waals surface area contributed by atoms with Gasteiger partial charge in [-0.3, -0.25) is 4.79 Å².